The number of carbonyl (C=O) groups excluding carboxylic acids is 1. The molecule has 6 nitrogen and oxygen atoms in total. The van der Waals surface area contributed by atoms with Gasteiger partial charge >= 0.3 is 0 Å². The summed E-state index contributed by atoms with van der Waals surface area (Å²) in [4.78, 5) is 32.1. The van der Waals surface area contributed by atoms with E-state index in [4.69, 9.17) is 4.42 Å². The van der Waals surface area contributed by atoms with Crippen molar-refractivity contribution in [2.24, 2.45) is 0 Å². The lowest BCUT2D eigenvalue weighted by Crippen LogP contribution is -2.33. The van der Waals surface area contributed by atoms with Crippen LogP contribution in [0.5, 0.6) is 0 Å². The highest BCUT2D eigenvalue weighted by Gasteiger charge is 2.21. The molecule has 0 spiro atoms. The predicted molar refractivity (Wildman–Crippen MR) is 113 cm³/mol. The quantitative estimate of drug-likeness (QED) is 0.555. The van der Waals surface area contributed by atoms with Crippen molar-refractivity contribution >= 4 is 38.4 Å². The van der Waals surface area contributed by atoms with E-state index in [0.29, 0.717) is 11.1 Å². The van der Waals surface area contributed by atoms with E-state index in [0.717, 1.165) is 47.0 Å². The fourth-order valence-electron chi connectivity index (χ4n) is 4.02. The Kier molecular flexibility index (Phi) is 4.47. The minimum atomic E-state index is -0.295. The lowest BCUT2D eigenvalue weighted by Gasteiger charge is -2.13. The van der Waals surface area contributed by atoms with Gasteiger partial charge in [-0.2, -0.15) is 0 Å². The molecule has 0 fully saturated rings. The number of rotatable bonds is 4. The standard InChI is InChI=1S/C22H21N3O3S/c1-13(17-10-14-6-2-4-8-16(14)28-17)24-19(26)11-25-12-23-21-20(22(25)27)15-7-3-5-9-18(15)29-21/h2,4,6,8,10,12-13H,3,5,7,9,11H2,1H3,(H,24,26)/t13-/m0/s1. The first kappa shape index (κ1) is 18.1. The van der Waals surface area contributed by atoms with Gasteiger partial charge < -0.3 is 9.73 Å². The number of benzene rings is 1. The number of nitrogens with zero attached hydrogens (tertiary/aromatic N) is 2. The molecule has 1 N–H and O–H groups in total. The molecule has 0 saturated carbocycles. The Hall–Kier alpha value is -2.93. The molecule has 5 rings (SSSR count). The average Bonchev–Trinajstić information content (AvgIpc) is 3.31. The number of furan rings is 1. The van der Waals surface area contributed by atoms with Crippen LogP contribution < -0.4 is 10.9 Å². The molecule has 1 atom stereocenters. The molecule has 0 saturated heterocycles. The van der Waals surface area contributed by atoms with Gasteiger partial charge in [0, 0.05) is 10.3 Å². The Bertz CT molecular complexity index is 1250. The molecule has 7 heteroatoms. The Morgan fingerprint density at radius 3 is 3.00 bits per heavy atom. The normalized spacial score (nSPS) is 14.8. The first-order valence-electron chi connectivity index (χ1n) is 9.87. The lowest BCUT2D eigenvalue weighted by atomic mass is 9.97. The number of fused-ring (bicyclic) bond motifs is 4. The third-order valence-electron chi connectivity index (χ3n) is 5.50. The van der Waals surface area contributed by atoms with E-state index in [9.17, 15) is 9.59 Å². The molecule has 0 unspecified atom stereocenters. The van der Waals surface area contributed by atoms with E-state index >= 15 is 0 Å². The van der Waals surface area contributed by atoms with Gasteiger partial charge in [0.2, 0.25) is 5.91 Å². The van der Waals surface area contributed by atoms with Gasteiger partial charge in [-0.05, 0) is 50.3 Å². The number of amides is 1. The molecule has 1 aliphatic rings. The molecule has 0 bridgehead atoms. The van der Waals surface area contributed by atoms with Gasteiger partial charge in [-0.1, -0.05) is 18.2 Å². The third kappa shape index (κ3) is 3.25. The van der Waals surface area contributed by atoms with E-state index in [1.165, 1.54) is 15.8 Å². The number of aryl methyl sites for hydroxylation is 2. The van der Waals surface area contributed by atoms with Crippen LogP contribution in [-0.2, 0) is 24.2 Å². The van der Waals surface area contributed by atoms with Crippen molar-refractivity contribution in [1.82, 2.24) is 14.9 Å². The summed E-state index contributed by atoms with van der Waals surface area (Å²) in [7, 11) is 0. The fraction of sp³-hybridized carbons (Fsp3) is 0.318. The molecule has 1 aromatic carbocycles. The van der Waals surface area contributed by atoms with Gasteiger partial charge in [-0.15, -0.1) is 11.3 Å². The van der Waals surface area contributed by atoms with E-state index in [1.54, 1.807) is 11.3 Å². The van der Waals surface area contributed by atoms with Gasteiger partial charge in [0.05, 0.1) is 17.8 Å². The molecule has 3 aromatic heterocycles. The molecule has 148 valence electrons. The van der Waals surface area contributed by atoms with Crippen molar-refractivity contribution in [3.8, 4) is 0 Å². The number of carbonyl (C=O) groups is 1. The van der Waals surface area contributed by atoms with Gasteiger partial charge in [-0.3, -0.25) is 14.2 Å². The minimum absolute atomic E-state index is 0.0586. The summed E-state index contributed by atoms with van der Waals surface area (Å²) >= 11 is 1.61. The van der Waals surface area contributed by atoms with Gasteiger partial charge in [0.1, 0.15) is 22.7 Å². The molecule has 0 aliphatic heterocycles. The van der Waals surface area contributed by atoms with Crippen LogP contribution in [0.3, 0.4) is 0 Å². The summed E-state index contributed by atoms with van der Waals surface area (Å²) in [5.74, 6) is 0.442. The van der Waals surface area contributed by atoms with Crippen molar-refractivity contribution in [3.05, 3.63) is 63.2 Å². The summed E-state index contributed by atoms with van der Waals surface area (Å²) in [5, 5.41) is 4.62. The Morgan fingerprint density at radius 1 is 1.31 bits per heavy atom. The van der Waals surface area contributed by atoms with Crippen LogP contribution in [0, 0.1) is 0 Å². The largest absolute Gasteiger partial charge is 0.459 e. The molecule has 4 aromatic rings. The average molecular weight is 407 g/mol. The number of para-hydroxylation sites is 1. The summed E-state index contributed by atoms with van der Waals surface area (Å²) in [5.41, 5.74) is 1.80. The molecule has 3 heterocycles. The summed E-state index contributed by atoms with van der Waals surface area (Å²) in [6.07, 6.45) is 5.69. The van der Waals surface area contributed by atoms with Crippen LogP contribution in [0.1, 0.15) is 42.0 Å². The van der Waals surface area contributed by atoms with Crippen LogP contribution in [0.4, 0.5) is 0 Å². The first-order valence-corrected chi connectivity index (χ1v) is 10.7. The monoisotopic (exact) mass is 407 g/mol. The second-order valence-corrected chi connectivity index (χ2v) is 8.63. The molecule has 1 amide bonds. The van der Waals surface area contributed by atoms with E-state index in [1.807, 2.05) is 37.3 Å². The highest BCUT2D eigenvalue weighted by molar-refractivity contribution is 7.18. The smallest absolute Gasteiger partial charge is 0.262 e. The number of thiophene rings is 1. The maximum absolute atomic E-state index is 13.0. The molecule has 29 heavy (non-hydrogen) atoms. The summed E-state index contributed by atoms with van der Waals surface area (Å²) in [6.45, 7) is 1.81. The minimum Gasteiger partial charge on any atom is -0.459 e. The van der Waals surface area contributed by atoms with E-state index in [2.05, 4.69) is 10.3 Å². The number of nitrogens with one attached hydrogen (secondary N) is 1. The zero-order valence-electron chi connectivity index (χ0n) is 16.1. The van der Waals surface area contributed by atoms with Crippen molar-refractivity contribution < 1.29 is 9.21 Å². The Morgan fingerprint density at radius 2 is 2.14 bits per heavy atom. The first-order chi connectivity index (χ1) is 14.1. The Balaban J connectivity index is 1.37. The molecular formula is C22H21N3O3S. The molecule has 0 radical (unpaired) electrons. The maximum Gasteiger partial charge on any atom is 0.262 e. The zero-order chi connectivity index (χ0) is 20.0. The number of hydrogen-bond donors (Lipinski definition) is 1. The Labute approximate surface area is 171 Å². The highest BCUT2D eigenvalue weighted by Crippen LogP contribution is 2.33. The second kappa shape index (κ2) is 7.15. The van der Waals surface area contributed by atoms with Gasteiger partial charge in [0.15, 0.2) is 0 Å². The van der Waals surface area contributed by atoms with Gasteiger partial charge in [-0.25, -0.2) is 4.98 Å². The van der Waals surface area contributed by atoms with Crippen LogP contribution in [0.25, 0.3) is 21.2 Å². The van der Waals surface area contributed by atoms with Crippen LogP contribution in [-0.4, -0.2) is 15.5 Å². The van der Waals surface area contributed by atoms with Crippen molar-refractivity contribution in [2.75, 3.05) is 0 Å². The van der Waals surface area contributed by atoms with Crippen molar-refractivity contribution in [2.45, 2.75) is 45.2 Å². The number of aromatic nitrogens is 2. The van der Waals surface area contributed by atoms with Gasteiger partial charge in [0.25, 0.3) is 5.56 Å². The third-order valence-corrected chi connectivity index (χ3v) is 6.70. The SMILES string of the molecule is C[C@H](NC(=O)Cn1cnc2sc3c(c2c1=O)CCCC3)c1cc2ccccc2o1. The van der Waals surface area contributed by atoms with Crippen molar-refractivity contribution in [1.29, 1.82) is 0 Å². The maximum atomic E-state index is 13.0. The predicted octanol–water partition coefficient (Wildman–Crippen LogP) is 3.96. The van der Waals surface area contributed by atoms with E-state index < -0.39 is 0 Å². The zero-order valence-corrected chi connectivity index (χ0v) is 16.9. The topological polar surface area (TPSA) is 77.1 Å². The summed E-state index contributed by atoms with van der Waals surface area (Å²) in [6, 6.07) is 9.36. The molecule has 1 aliphatic carbocycles. The number of hydrogen-bond acceptors (Lipinski definition) is 5. The lowest BCUT2D eigenvalue weighted by molar-refractivity contribution is -0.122. The fourth-order valence-corrected chi connectivity index (χ4v) is 5.24. The second-order valence-electron chi connectivity index (χ2n) is 7.54. The van der Waals surface area contributed by atoms with Crippen molar-refractivity contribution in [3.63, 3.8) is 0 Å². The summed E-state index contributed by atoms with van der Waals surface area (Å²) < 4.78 is 7.23. The van der Waals surface area contributed by atoms with Crippen LogP contribution in [0.2, 0.25) is 0 Å². The molecular weight excluding hydrogens is 386 g/mol. The van der Waals surface area contributed by atoms with Crippen LogP contribution in [0.15, 0.2) is 45.9 Å². The van der Waals surface area contributed by atoms with E-state index in [-0.39, 0.29) is 24.1 Å². The highest BCUT2D eigenvalue weighted by atomic mass is 32.1. The van der Waals surface area contributed by atoms with Crippen LogP contribution >= 0.6 is 11.3 Å².